The van der Waals surface area contributed by atoms with Gasteiger partial charge in [0.15, 0.2) is 5.13 Å². The van der Waals surface area contributed by atoms with Gasteiger partial charge in [0.1, 0.15) is 5.75 Å². The second kappa shape index (κ2) is 4.31. The zero-order valence-corrected chi connectivity index (χ0v) is 9.30. The quantitative estimate of drug-likeness (QED) is 0.804. The van der Waals surface area contributed by atoms with Gasteiger partial charge in [0, 0.05) is 6.54 Å². The molecule has 3 nitrogen and oxygen atoms in total. The lowest BCUT2D eigenvalue weighted by molar-refractivity contribution is 0.415. The summed E-state index contributed by atoms with van der Waals surface area (Å²) in [5.74, 6) is 0.862. The maximum absolute atomic E-state index is 5.15. The molecular weight excluding hydrogens is 208 g/mol. The van der Waals surface area contributed by atoms with E-state index in [0.29, 0.717) is 0 Å². The van der Waals surface area contributed by atoms with Crippen molar-refractivity contribution in [1.29, 1.82) is 0 Å². The van der Waals surface area contributed by atoms with Crippen molar-refractivity contribution in [3.63, 3.8) is 0 Å². The van der Waals surface area contributed by atoms with Crippen LogP contribution in [0, 0.1) is 0 Å². The molecule has 0 saturated heterocycles. The first-order valence-electron chi connectivity index (χ1n) is 4.63. The van der Waals surface area contributed by atoms with Gasteiger partial charge < -0.3 is 10.1 Å². The van der Waals surface area contributed by atoms with Crippen LogP contribution in [-0.4, -0.2) is 18.6 Å². The number of thiazole rings is 1. The van der Waals surface area contributed by atoms with Crippen molar-refractivity contribution in [2.45, 2.75) is 0 Å². The molecule has 1 heterocycles. The van der Waals surface area contributed by atoms with Crippen molar-refractivity contribution in [1.82, 2.24) is 4.98 Å². The molecule has 1 aromatic heterocycles. The maximum Gasteiger partial charge on any atom is 0.184 e. The van der Waals surface area contributed by atoms with E-state index in [1.165, 1.54) is 0 Å². The molecule has 0 amide bonds. The van der Waals surface area contributed by atoms with E-state index < -0.39 is 0 Å². The Bertz CT molecular complexity index is 478. The summed E-state index contributed by atoms with van der Waals surface area (Å²) in [6, 6.07) is 5.87. The highest BCUT2D eigenvalue weighted by atomic mass is 32.1. The first-order valence-corrected chi connectivity index (χ1v) is 5.44. The summed E-state index contributed by atoms with van der Waals surface area (Å²) in [6.45, 7) is 4.38. The van der Waals surface area contributed by atoms with Crippen LogP contribution >= 0.6 is 11.3 Å². The fourth-order valence-corrected chi connectivity index (χ4v) is 2.17. The molecule has 0 aliphatic carbocycles. The highest BCUT2D eigenvalue weighted by Gasteiger charge is 2.03. The van der Waals surface area contributed by atoms with Gasteiger partial charge in [-0.1, -0.05) is 17.4 Å². The van der Waals surface area contributed by atoms with Gasteiger partial charge in [0.2, 0.25) is 0 Å². The number of benzene rings is 1. The third-order valence-electron chi connectivity index (χ3n) is 1.99. The Morgan fingerprint density at radius 1 is 1.60 bits per heavy atom. The molecule has 1 aromatic carbocycles. The van der Waals surface area contributed by atoms with E-state index in [1.54, 1.807) is 18.4 Å². The zero-order chi connectivity index (χ0) is 10.7. The number of anilines is 1. The normalized spacial score (nSPS) is 10.2. The number of nitrogens with one attached hydrogen (secondary N) is 1. The Morgan fingerprint density at radius 2 is 2.47 bits per heavy atom. The van der Waals surface area contributed by atoms with Gasteiger partial charge in [-0.15, -0.1) is 6.58 Å². The minimum Gasteiger partial charge on any atom is -0.497 e. The largest absolute Gasteiger partial charge is 0.497 e. The molecule has 4 heteroatoms. The Morgan fingerprint density at radius 3 is 3.20 bits per heavy atom. The molecule has 78 valence electrons. The average Bonchev–Trinajstić information content (AvgIpc) is 2.67. The molecule has 2 rings (SSSR count). The van der Waals surface area contributed by atoms with Crippen LogP contribution in [0.5, 0.6) is 5.75 Å². The molecule has 0 aliphatic heterocycles. The Balaban J connectivity index is 2.33. The minimum absolute atomic E-state index is 0.733. The van der Waals surface area contributed by atoms with Crippen molar-refractivity contribution in [3.05, 3.63) is 30.9 Å². The number of hydrogen-bond acceptors (Lipinski definition) is 4. The van der Waals surface area contributed by atoms with Crippen LogP contribution in [0.2, 0.25) is 0 Å². The standard InChI is InChI=1S/C11H12N2OS/c1-3-6-12-11-13-9-5-4-8(14-2)7-10(9)15-11/h3-5,7H,1,6H2,2H3,(H,12,13). The fraction of sp³-hybridized carbons (Fsp3) is 0.182. The molecule has 0 spiro atoms. The topological polar surface area (TPSA) is 34.2 Å². The van der Waals surface area contributed by atoms with E-state index >= 15 is 0 Å². The number of nitrogens with zero attached hydrogens (tertiary/aromatic N) is 1. The van der Waals surface area contributed by atoms with E-state index in [-0.39, 0.29) is 0 Å². The number of hydrogen-bond donors (Lipinski definition) is 1. The summed E-state index contributed by atoms with van der Waals surface area (Å²) in [4.78, 5) is 4.43. The average molecular weight is 220 g/mol. The van der Waals surface area contributed by atoms with Gasteiger partial charge in [0.05, 0.1) is 17.3 Å². The van der Waals surface area contributed by atoms with Gasteiger partial charge in [-0.25, -0.2) is 4.98 Å². The first-order chi connectivity index (χ1) is 7.33. The molecule has 1 N–H and O–H groups in total. The van der Waals surface area contributed by atoms with Crippen molar-refractivity contribution < 1.29 is 4.74 Å². The first kappa shape index (κ1) is 9.98. The van der Waals surface area contributed by atoms with Crippen molar-refractivity contribution in [2.24, 2.45) is 0 Å². The second-order valence-corrected chi connectivity index (χ2v) is 4.05. The summed E-state index contributed by atoms with van der Waals surface area (Å²) in [6.07, 6.45) is 1.81. The molecule has 0 bridgehead atoms. The lowest BCUT2D eigenvalue weighted by atomic mass is 10.3. The molecule has 15 heavy (non-hydrogen) atoms. The molecule has 2 aromatic rings. The van der Waals surface area contributed by atoms with Gasteiger partial charge >= 0.3 is 0 Å². The number of aromatic nitrogens is 1. The van der Waals surface area contributed by atoms with Crippen LogP contribution in [0.15, 0.2) is 30.9 Å². The summed E-state index contributed by atoms with van der Waals surface area (Å²) in [7, 11) is 1.67. The molecule has 0 saturated carbocycles. The second-order valence-electron chi connectivity index (χ2n) is 3.02. The highest BCUT2D eigenvalue weighted by Crippen LogP contribution is 2.28. The van der Waals surface area contributed by atoms with Crippen molar-refractivity contribution in [3.8, 4) is 5.75 Å². The minimum atomic E-state index is 0.733. The van der Waals surface area contributed by atoms with Crippen LogP contribution in [0.25, 0.3) is 10.2 Å². The van der Waals surface area contributed by atoms with Crippen molar-refractivity contribution in [2.75, 3.05) is 19.0 Å². The number of ether oxygens (including phenoxy) is 1. The van der Waals surface area contributed by atoms with E-state index in [4.69, 9.17) is 4.74 Å². The Labute approximate surface area is 92.4 Å². The van der Waals surface area contributed by atoms with Gasteiger partial charge in [-0.3, -0.25) is 0 Å². The summed E-state index contributed by atoms with van der Waals surface area (Å²) in [5, 5.41) is 4.08. The molecule has 0 radical (unpaired) electrons. The van der Waals surface area contributed by atoms with Gasteiger partial charge in [-0.05, 0) is 18.2 Å². The van der Waals surface area contributed by atoms with E-state index in [2.05, 4.69) is 16.9 Å². The van der Waals surface area contributed by atoms with Gasteiger partial charge in [0.25, 0.3) is 0 Å². The molecule has 0 unspecified atom stereocenters. The predicted octanol–water partition coefficient (Wildman–Crippen LogP) is 2.90. The Kier molecular flexibility index (Phi) is 2.87. The van der Waals surface area contributed by atoms with E-state index in [9.17, 15) is 0 Å². The lowest BCUT2D eigenvalue weighted by Gasteiger charge is -1.96. The fourth-order valence-electron chi connectivity index (χ4n) is 1.27. The lowest BCUT2D eigenvalue weighted by Crippen LogP contribution is -1.95. The Hall–Kier alpha value is -1.55. The van der Waals surface area contributed by atoms with E-state index in [0.717, 1.165) is 27.6 Å². The molecule has 0 aliphatic rings. The van der Waals surface area contributed by atoms with Crippen LogP contribution in [-0.2, 0) is 0 Å². The van der Waals surface area contributed by atoms with Crippen LogP contribution in [0.3, 0.4) is 0 Å². The van der Waals surface area contributed by atoms with Crippen molar-refractivity contribution >= 4 is 26.7 Å². The summed E-state index contributed by atoms with van der Waals surface area (Å²) in [5.41, 5.74) is 0.993. The third-order valence-corrected chi connectivity index (χ3v) is 2.97. The number of rotatable bonds is 4. The zero-order valence-electron chi connectivity index (χ0n) is 8.49. The SMILES string of the molecule is C=CCNc1nc2ccc(OC)cc2s1. The van der Waals surface area contributed by atoms with Crippen LogP contribution in [0.1, 0.15) is 0 Å². The third kappa shape index (κ3) is 2.10. The molecule has 0 fully saturated rings. The summed E-state index contributed by atoms with van der Waals surface area (Å²) >= 11 is 1.62. The highest BCUT2D eigenvalue weighted by molar-refractivity contribution is 7.22. The molecular formula is C11H12N2OS. The smallest absolute Gasteiger partial charge is 0.184 e. The maximum atomic E-state index is 5.15. The number of fused-ring (bicyclic) bond motifs is 1. The van der Waals surface area contributed by atoms with Crippen LogP contribution < -0.4 is 10.1 Å². The van der Waals surface area contributed by atoms with Crippen LogP contribution in [0.4, 0.5) is 5.13 Å². The predicted molar refractivity (Wildman–Crippen MR) is 64.9 cm³/mol. The monoisotopic (exact) mass is 220 g/mol. The summed E-state index contributed by atoms with van der Waals surface area (Å²) < 4.78 is 6.28. The number of methoxy groups -OCH3 is 1. The molecule has 0 atom stereocenters. The van der Waals surface area contributed by atoms with Gasteiger partial charge in [-0.2, -0.15) is 0 Å². The van der Waals surface area contributed by atoms with E-state index in [1.807, 2.05) is 24.3 Å².